The summed E-state index contributed by atoms with van der Waals surface area (Å²) in [5.74, 6) is 0.579. The van der Waals surface area contributed by atoms with Gasteiger partial charge in [-0.3, -0.25) is 0 Å². The molecular formula is C13H16N2O3S. The SMILES string of the molecule is Cn1c(SCC2OCC(O)C2O)nc2ccccc21. The van der Waals surface area contributed by atoms with E-state index in [9.17, 15) is 10.2 Å². The van der Waals surface area contributed by atoms with Crippen molar-refractivity contribution in [2.24, 2.45) is 7.05 Å². The van der Waals surface area contributed by atoms with E-state index in [1.54, 1.807) is 0 Å². The van der Waals surface area contributed by atoms with E-state index >= 15 is 0 Å². The van der Waals surface area contributed by atoms with Crippen molar-refractivity contribution in [1.82, 2.24) is 9.55 Å². The summed E-state index contributed by atoms with van der Waals surface area (Å²) in [5, 5.41) is 20.0. The summed E-state index contributed by atoms with van der Waals surface area (Å²) in [5.41, 5.74) is 2.04. The fraction of sp³-hybridized carbons (Fsp3) is 0.462. The number of aliphatic hydroxyl groups excluding tert-OH is 2. The molecule has 1 fully saturated rings. The highest BCUT2D eigenvalue weighted by Gasteiger charge is 2.34. The highest BCUT2D eigenvalue weighted by atomic mass is 32.2. The molecule has 2 heterocycles. The van der Waals surface area contributed by atoms with E-state index in [1.165, 1.54) is 11.8 Å². The van der Waals surface area contributed by atoms with Gasteiger partial charge in [-0.15, -0.1) is 0 Å². The summed E-state index contributed by atoms with van der Waals surface area (Å²) in [6.07, 6.45) is -1.91. The number of nitrogens with zero attached hydrogens (tertiary/aromatic N) is 2. The Morgan fingerprint density at radius 3 is 2.89 bits per heavy atom. The third-order valence-electron chi connectivity index (χ3n) is 3.38. The van der Waals surface area contributed by atoms with E-state index in [1.807, 2.05) is 35.9 Å². The predicted molar refractivity (Wildman–Crippen MR) is 73.2 cm³/mol. The average molecular weight is 280 g/mol. The summed E-state index contributed by atoms with van der Waals surface area (Å²) in [6.45, 7) is 0.203. The van der Waals surface area contributed by atoms with Gasteiger partial charge in [0.2, 0.25) is 0 Å². The molecule has 0 spiro atoms. The van der Waals surface area contributed by atoms with Crippen molar-refractivity contribution in [2.75, 3.05) is 12.4 Å². The zero-order chi connectivity index (χ0) is 13.4. The number of aliphatic hydroxyl groups is 2. The van der Waals surface area contributed by atoms with Crippen LogP contribution in [0.25, 0.3) is 11.0 Å². The highest BCUT2D eigenvalue weighted by molar-refractivity contribution is 7.99. The number of imidazole rings is 1. The van der Waals surface area contributed by atoms with E-state index in [4.69, 9.17) is 4.74 Å². The number of aromatic nitrogens is 2. The second-order valence-corrected chi connectivity index (χ2v) is 5.67. The van der Waals surface area contributed by atoms with Gasteiger partial charge in [0.05, 0.1) is 23.7 Å². The molecule has 0 aliphatic carbocycles. The van der Waals surface area contributed by atoms with Crippen LogP contribution in [-0.4, -0.2) is 50.4 Å². The lowest BCUT2D eigenvalue weighted by molar-refractivity contribution is 0.0337. The van der Waals surface area contributed by atoms with Crippen LogP contribution in [0.5, 0.6) is 0 Å². The van der Waals surface area contributed by atoms with Crippen LogP contribution in [0, 0.1) is 0 Å². The van der Waals surface area contributed by atoms with Crippen LogP contribution in [0.15, 0.2) is 29.4 Å². The van der Waals surface area contributed by atoms with Gasteiger partial charge < -0.3 is 19.5 Å². The number of fused-ring (bicyclic) bond motifs is 1. The minimum Gasteiger partial charge on any atom is -0.388 e. The van der Waals surface area contributed by atoms with Crippen LogP contribution in [0.4, 0.5) is 0 Å². The van der Waals surface area contributed by atoms with Crippen LogP contribution in [0.3, 0.4) is 0 Å². The zero-order valence-electron chi connectivity index (χ0n) is 10.6. The molecule has 1 saturated heterocycles. The first kappa shape index (κ1) is 12.9. The average Bonchev–Trinajstić information content (AvgIpc) is 2.91. The number of hydrogen-bond acceptors (Lipinski definition) is 5. The third kappa shape index (κ3) is 2.36. The van der Waals surface area contributed by atoms with E-state index in [0.29, 0.717) is 5.75 Å². The number of hydrogen-bond donors (Lipinski definition) is 2. The Kier molecular flexibility index (Phi) is 3.49. The third-order valence-corrected chi connectivity index (χ3v) is 4.50. The largest absolute Gasteiger partial charge is 0.388 e. The van der Waals surface area contributed by atoms with Crippen molar-refractivity contribution >= 4 is 22.8 Å². The number of benzene rings is 1. The molecule has 0 radical (unpaired) electrons. The first-order chi connectivity index (χ1) is 9.16. The van der Waals surface area contributed by atoms with Gasteiger partial charge in [-0.1, -0.05) is 23.9 Å². The number of rotatable bonds is 3. The molecule has 6 heteroatoms. The standard InChI is InChI=1S/C13H16N2O3S/c1-15-9-5-3-2-4-8(9)14-13(15)19-7-11-12(17)10(16)6-18-11/h2-5,10-12,16-17H,6-7H2,1H3. The maximum atomic E-state index is 9.73. The first-order valence-corrected chi connectivity index (χ1v) is 7.17. The summed E-state index contributed by atoms with van der Waals surface area (Å²) in [6, 6.07) is 7.95. The Hall–Kier alpha value is -1.08. The molecule has 5 nitrogen and oxygen atoms in total. The minimum absolute atomic E-state index is 0.203. The molecule has 0 saturated carbocycles. The molecule has 1 aromatic heterocycles. The Balaban J connectivity index is 1.74. The summed E-state index contributed by atoms with van der Waals surface area (Å²) < 4.78 is 7.38. The number of thioether (sulfide) groups is 1. The van der Waals surface area contributed by atoms with E-state index in [2.05, 4.69) is 4.98 Å². The smallest absolute Gasteiger partial charge is 0.168 e. The molecule has 1 aliphatic heterocycles. The summed E-state index contributed by atoms with van der Waals surface area (Å²) in [7, 11) is 1.97. The van der Waals surface area contributed by atoms with Crippen LogP contribution < -0.4 is 0 Å². The van der Waals surface area contributed by atoms with Crippen molar-refractivity contribution in [3.05, 3.63) is 24.3 Å². The second-order valence-electron chi connectivity index (χ2n) is 4.68. The van der Waals surface area contributed by atoms with Gasteiger partial charge in [0.15, 0.2) is 5.16 Å². The number of aryl methyl sites for hydroxylation is 1. The van der Waals surface area contributed by atoms with Gasteiger partial charge in [-0.05, 0) is 12.1 Å². The predicted octanol–water partition coefficient (Wildman–Crippen LogP) is 0.786. The maximum absolute atomic E-state index is 9.73. The molecule has 1 aliphatic rings. The van der Waals surface area contributed by atoms with Gasteiger partial charge in [-0.2, -0.15) is 0 Å². The van der Waals surface area contributed by atoms with Gasteiger partial charge in [0, 0.05) is 12.8 Å². The molecule has 0 amide bonds. The fourth-order valence-electron chi connectivity index (χ4n) is 2.22. The second kappa shape index (κ2) is 5.13. The quantitative estimate of drug-likeness (QED) is 0.814. The van der Waals surface area contributed by atoms with Crippen molar-refractivity contribution in [3.8, 4) is 0 Å². The van der Waals surface area contributed by atoms with Crippen molar-refractivity contribution < 1.29 is 14.9 Å². The van der Waals surface area contributed by atoms with Gasteiger partial charge in [0.25, 0.3) is 0 Å². The Morgan fingerprint density at radius 2 is 2.21 bits per heavy atom. The lowest BCUT2D eigenvalue weighted by Crippen LogP contribution is -2.31. The lowest BCUT2D eigenvalue weighted by Gasteiger charge is -2.13. The van der Waals surface area contributed by atoms with E-state index in [-0.39, 0.29) is 12.7 Å². The molecule has 102 valence electrons. The summed E-state index contributed by atoms with van der Waals surface area (Å²) in [4.78, 5) is 4.54. The van der Waals surface area contributed by atoms with Crippen molar-refractivity contribution in [2.45, 2.75) is 23.5 Å². The highest BCUT2D eigenvalue weighted by Crippen LogP contribution is 2.26. The Bertz CT molecular complexity index is 586. The van der Waals surface area contributed by atoms with Crippen LogP contribution >= 0.6 is 11.8 Å². The Morgan fingerprint density at radius 1 is 1.42 bits per heavy atom. The van der Waals surface area contributed by atoms with E-state index < -0.39 is 12.2 Å². The molecule has 2 aromatic rings. The monoisotopic (exact) mass is 280 g/mol. The molecule has 3 atom stereocenters. The Labute approximate surface area is 115 Å². The van der Waals surface area contributed by atoms with E-state index in [0.717, 1.165) is 16.2 Å². The molecule has 19 heavy (non-hydrogen) atoms. The topological polar surface area (TPSA) is 67.5 Å². The maximum Gasteiger partial charge on any atom is 0.168 e. The molecule has 0 bridgehead atoms. The van der Waals surface area contributed by atoms with Gasteiger partial charge >= 0.3 is 0 Å². The van der Waals surface area contributed by atoms with Crippen molar-refractivity contribution in [3.63, 3.8) is 0 Å². The summed E-state index contributed by atoms with van der Waals surface area (Å²) >= 11 is 1.53. The lowest BCUT2D eigenvalue weighted by atomic mass is 10.2. The van der Waals surface area contributed by atoms with Gasteiger partial charge in [0.1, 0.15) is 12.2 Å². The zero-order valence-corrected chi connectivity index (χ0v) is 11.4. The normalized spacial score (nSPS) is 27.2. The molecule has 1 aromatic carbocycles. The number of ether oxygens (including phenoxy) is 1. The van der Waals surface area contributed by atoms with Gasteiger partial charge in [-0.25, -0.2) is 4.98 Å². The first-order valence-electron chi connectivity index (χ1n) is 6.19. The van der Waals surface area contributed by atoms with Crippen molar-refractivity contribution in [1.29, 1.82) is 0 Å². The fourth-order valence-corrected chi connectivity index (χ4v) is 3.28. The van der Waals surface area contributed by atoms with Crippen LogP contribution in [0.2, 0.25) is 0 Å². The molecule has 3 unspecified atom stereocenters. The molecule has 2 N–H and O–H groups in total. The number of para-hydroxylation sites is 2. The van der Waals surface area contributed by atoms with Crippen LogP contribution in [-0.2, 0) is 11.8 Å². The molecular weight excluding hydrogens is 264 g/mol. The minimum atomic E-state index is -0.804. The molecule has 3 rings (SSSR count). The van der Waals surface area contributed by atoms with Crippen LogP contribution in [0.1, 0.15) is 0 Å².